The Morgan fingerprint density at radius 1 is 1.00 bits per heavy atom. The first-order chi connectivity index (χ1) is 9.43. The topological polar surface area (TPSA) is 77.8 Å². The summed E-state index contributed by atoms with van der Waals surface area (Å²) in [5.74, 6) is 0. The zero-order chi connectivity index (χ0) is 12.7. The van der Waals surface area contributed by atoms with Gasteiger partial charge in [-0.25, -0.2) is 0 Å². The molecular weight excluding hydrogens is 264 g/mol. The standard InChI is InChI=1S/C12H6N4O2S/c1-2-7(9-5-18-15-13-9)12-8(4-17-11(12)3-1)10-6-19-16-14-10/h1-6H. The Kier molecular flexibility index (Phi) is 2.18. The highest BCUT2D eigenvalue weighted by molar-refractivity contribution is 7.03. The van der Waals surface area contributed by atoms with Gasteiger partial charge in [0.25, 0.3) is 0 Å². The van der Waals surface area contributed by atoms with E-state index in [-0.39, 0.29) is 0 Å². The van der Waals surface area contributed by atoms with Crippen molar-refractivity contribution in [2.24, 2.45) is 0 Å². The molecule has 6 nitrogen and oxygen atoms in total. The Labute approximate surface area is 110 Å². The molecule has 0 radical (unpaired) electrons. The van der Waals surface area contributed by atoms with E-state index in [1.807, 2.05) is 23.6 Å². The molecule has 3 aromatic heterocycles. The average molecular weight is 270 g/mol. The predicted molar refractivity (Wildman–Crippen MR) is 68.4 cm³/mol. The Morgan fingerprint density at radius 2 is 2.00 bits per heavy atom. The summed E-state index contributed by atoms with van der Waals surface area (Å²) in [7, 11) is 0. The Balaban J connectivity index is 2.07. The molecule has 0 atom stereocenters. The highest BCUT2D eigenvalue weighted by Crippen LogP contribution is 2.36. The van der Waals surface area contributed by atoms with Crippen LogP contribution in [-0.4, -0.2) is 20.0 Å². The van der Waals surface area contributed by atoms with Crippen molar-refractivity contribution in [3.63, 3.8) is 0 Å². The molecule has 0 aliphatic carbocycles. The van der Waals surface area contributed by atoms with E-state index >= 15 is 0 Å². The van der Waals surface area contributed by atoms with E-state index in [2.05, 4.69) is 20.0 Å². The van der Waals surface area contributed by atoms with Crippen molar-refractivity contribution < 1.29 is 8.94 Å². The third-order valence-electron chi connectivity index (χ3n) is 2.87. The Hall–Kier alpha value is -2.54. The van der Waals surface area contributed by atoms with Gasteiger partial charge >= 0.3 is 0 Å². The van der Waals surface area contributed by atoms with Crippen LogP contribution in [-0.2, 0) is 0 Å². The van der Waals surface area contributed by atoms with E-state index in [0.29, 0.717) is 5.69 Å². The first-order valence-corrected chi connectivity index (χ1v) is 6.32. The van der Waals surface area contributed by atoms with Gasteiger partial charge in [-0.2, -0.15) is 0 Å². The highest BCUT2D eigenvalue weighted by Gasteiger charge is 2.16. The molecule has 0 fully saturated rings. The van der Waals surface area contributed by atoms with Crippen molar-refractivity contribution in [2.75, 3.05) is 0 Å². The first kappa shape index (κ1) is 10.4. The van der Waals surface area contributed by atoms with Crippen LogP contribution in [0, 0.1) is 0 Å². The molecule has 0 saturated heterocycles. The number of fused-ring (bicyclic) bond motifs is 1. The van der Waals surface area contributed by atoms with E-state index in [1.165, 1.54) is 17.8 Å². The van der Waals surface area contributed by atoms with Crippen LogP contribution in [0.1, 0.15) is 0 Å². The summed E-state index contributed by atoms with van der Waals surface area (Å²) >= 11 is 1.30. The first-order valence-electron chi connectivity index (χ1n) is 5.48. The maximum Gasteiger partial charge on any atom is 0.152 e. The Morgan fingerprint density at radius 3 is 2.79 bits per heavy atom. The molecule has 1 aromatic carbocycles. The molecular formula is C12H6N4O2S. The van der Waals surface area contributed by atoms with E-state index in [1.54, 1.807) is 6.26 Å². The van der Waals surface area contributed by atoms with E-state index < -0.39 is 0 Å². The average Bonchev–Trinajstić information content (AvgIpc) is 3.18. The number of hydrogen-bond acceptors (Lipinski definition) is 7. The monoisotopic (exact) mass is 270 g/mol. The van der Waals surface area contributed by atoms with Crippen molar-refractivity contribution >= 4 is 22.5 Å². The van der Waals surface area contributed by atoms with Crippen molar-refractivity contribution in [3.05, 3.63) is 36.1 Å². The fourth-order valence-corrected chi connectivity index (χ4v) is 2.51. The third-order valence-corrected chi connectivity index (χ3v) is 3.38. The molecule has 92 valence electrons. The van der Waals surface area contributed by atoms with Crippen LogP contribution in [0.5, 0.6) is 0 Å². The van der Waals surface area contributed by atoms with Crippen molar-refractivity contribution in [1.82, 2.24) is 20.0 Å². The summed E-state index contributed by atoms with van der Waals surface area (Å²) in [5, 5.41) is 14.3. The van der Waals surface area contributed by atoms with Gasteiger partial charge in [-0.3, -0.25) is 0 Å². The molecule has 0 saturated carbocycles. The van der Waals surface area contributed by atoms with Gasteiger partial charge in [-0.15, -0.1) is 10.2 Å². The van der Waals surface area contributed by atoms with Gasteiger partial charge in [0.15, 0.2) is 6.26 Å². The van der Waals surface area contributed by atoms with Crippen molar-refractivity contribution in [2.45, 2.75) is 0 Å². The smallest absolute Gasteiger partial charge is 0.152 e. The molecule has 3 heterocycles. The van der Waals surface area contributed by atoms with Gasteiger partial charge in [0, 0.05) is 27.2 Å². The van der Waals surface area contributed by atoms with Gasteiger partial charge in [-0.1, -0.05) is 16.6 Å². The number of benzene rings is 1. The number of hydrogen-bond donors (Lipinski definition) is 0. The summed E-state index contributed by atoms with van der Waals surface area (Å²) in [4.78, 5) is 0. The van der Waals surface area contributed by atoms with E-state index in [4.69, 9.17) is 8.94 Å². The molecule has 7 heteroatoms. The summed E-state index contributed by atoms with van der Waals surface area (Å²) in [6.07, 6.45) is 3.18. The highest BCUT2D eigenvalue weighted by atomic mass is 32.1. The number of furan rings is 1. The molecule has 4 aromatic rings. The molecule has 0 aliphatic heterocycles. The van der Waals surface area contributed by atoms with E-state index in [0.717, 1.165) is 27.8 Å². The van der Waals surface area contributed by atoms with Gasteiger partial charge in [0.1, 0.15) is 23.2 Å². The quantitative estimate of drug-likeness (QED) is 0.557. The zero-order valence-corrected chi connectivity index (χ0v) is 10.3. The SMILES string of the molecule is c1cc(-c2conn2)c2c(-c3csnn3)coc2c1. The summed E-state index contributed by atoms with van der Waals surface area (Å²) < 4.78 is 14.3. The number of aromatic nitrogens is 4. The lowest BCUT2D eigenvalue weighted by atomic mass is 10.0. The van der Waals surface area contributed by atoms with Crippen LogP contribution in [0.2, 0.25) is 0 Å². The van der Waals surface area contributed by atoms with Crippen LogP contribution in [0.25, 0.3) is 33.5 Å². The second kappa shape index (κ2) is 3.99. The summed E-state index contributed by atoms with van der Waals surface area (Å²) in [6.45, 7) is 0. The van der Waals surface area contributed by atoms with Crippen LogP contribution in [0.4, 0.5) is 0 Å². The lowest BCUT2D eigenvalue weighted by molar-refractivity contribution is 0.393. The summed E-state index contributed by atoms with van der Waals surface area (Å²) in [5.41, 5.74) is 4.01. The molecule has 0 bridgehead atoms. The molecule has 0 spiro atoms. The maximum atomic E-state index is 5.57. The van der Waals surface area contributed by atoms with Crippen LogP contribution in [0.15, 0.2) is 45.0 Å². The third kappa shape index (κ3) is 1.55. The minimum Gasteiger partial charge on any atom is -0.464 e. The predicted octanol–water partition coefficient (Wildman–Crippen LogP) is 3.00. The molecule has 0 aliphatic rings. The van der Waals surface area contributed by atoms with Crippen molar-refractivity contribution in [1.29, 1.82) is 0 Å². The summed E-state index contributed by atoms with van der Waals surface area (Å²) in [6, 6.07) is 5.75. The fourth-order valence-electron chi connectivity index (χ4n) is 2.05. The van der Waals surface area contributed by atoms with Gasteiger partial charge in [0.05, 0.1) is 0 Å². The van der Waals surface area contributed by atoms with Crippen LogP contribution < -0.4 is 0 Å². The normalized spacial score (nSPS) is 11.2. The lowest BCUT2D eigenvalue weighted by Crippen LogP contribution is -1.82. The minimum atomic E-state index is 0.663. The zero-order valence-electron chi connectivity index (χ0n) is 9.48. The minimum absolute atomic E-state index is 0.663. The number of rotatable bonds is 2. The van der Waals surface area contributed by atoms with Gasteiger partial charge < -0.3 is 8.94 Å². The second-order valence-corrected chi connectivity index (χ2v) is 4.52. The molecule has 0 unspecified atom stereocenters. The fraction of sp³-hybridized carbons (Fsp3) is 0. The number of nitrogens with zero attached hydrogens (tertiary/aromatic N) is 4. The van der Waals surface area contributed by atoms with Gasteiger partial charge in [0.2, 0.25) is 0 Å². The molecule has 0 N–H and O–H groups in total. The van der Waals surface area contributed by atoms with Crippen LogP contribution in [0.3, 0.4) is 0 Å². The largest absolute Gasteiger partial charge is 0.464 e. The molecule has 19 heavy (non-hydrogen) atoms. The molecule has 4 rings (SSSR count). The molecule has 0 amide bonds. The maximum absolute atomic E-state index is 5.57. The van der Waals surface area contributed by atoms with E-state index in [9.17, 15) is 0 Å². The Bertz CT molecular complexity index is 821. The van der Waals surface area contributed by atoms with Gasteiger partial charge in [-0.05, 0) is 17.6 Å². The van der Waals surface area contributed by atoms with Crippen molar-refractivity contribution in [3.8, 4) is 22.5 Å². The second-order valence-electron chi connectivity index (χ2n) is 3.91. The van der Waals surface area contributed by atoms with Crippen LogP contribution >= 0.6 is 11.5 Å². The lowest BCUT2D eigenvalue weighted by Gasteiger charge is -1.99.